The topological polar surface area (TPSA) is 80.4 Å². The summed E-state index contributed by atoms with van der Waals surface area (Å²) in [4.78, 5) is 21.3. The van der Waals surface area contributed by atoms with Gasteiger partial charge in [0, 0.05) is 6.42 Å². The number of carboxylic acid groups (broad SMARTS) is 1. The van der Waals surface area contributed by atoms with Gasteiger partial charge >= 0.3 is 5.97 Å². The third-order valence-electron chi connectivity index (χ3n) is 2.23. The summed E-state index contributed by atoms with van der Waals surface area (Å²) in [5, 5.41) is 8.69. The molecule has 0 radical (unpaired) electrons. The lowest BCUT2D eigenvalue weighted by molar-refractivity contribution is -0.118. The highest BCUT2D eigenvalue weighted by molar-refractivity contribution is 5.87. The zero-order valence-electron chi connectivity index (χ0n) is 8.43. The standard InChI is InChI=1S/C11H13NO3/c1-7(6-10(12)13)8-2-4-9(5-3-8)11(14)15/h2-5,7H,6H2,1H3,(H2,12,13)(H,14,15). The number of aromatic carboxylic acids is 1. The maximum atomic E-state index is 10.7. The van der Waals surface area contributed by atoms with Gasteiger partial charge in [-0.05, 0) is 23.6 Å². The van der Waals surface area contributed by atoms with Crippen molar-refractivity contribution >= 4 is 11.9 Å². The SMILES string of the molecule is CC(CC(N)=O)c1ccc(C(=O)O)cc1. The molecule has 1 unspecified atom stereocenters. The van der Waals surface area contributed by atoms with Crippen LogP contribution < -0.4 is 5.73 Å². The van der Waals surface area contributed by atoms with E-state index in [0.29, 0.717) is 0 Å². The monoisotopic (exact) mass is 207 g/mol. The Labute approximate surface area is 87.7 Å². The highest BCUT2D eigenvalue weighted by Gasteiger charge is 2.09. The van der Waals surface area contributed by atoms with Gasteiger partial charge in [-0.2, -0.15) is 0 Å². The second kappa shape index (κ2) is 4.59. The third-order valence-corrected chi connectivity index (χ3v) is 2.23. The van der Waals surface area contributed by atoms with Crippen LogP contribution >= 0.6 is 0 Å². The van der Waals surface area contributed by atoms with Crippen LogP contribution in [0.1, 0.15) is 35.2 Å². The Morgan fingerprint density at radius 1 is 1.33 bits per heavy atom. The molecule has 0 aromatic heterocycles. The van der Waals surface area contributed by atoms with Gasteiger partial charge in [0.05, 0.1) is 5.56 Å². The number of carboxylic acids is 1. The number of nitrogens with two attached hydrogens (primary N) is 1. The van der Waals surface area contributed by atoms with Gasteiger partial charge in [0.1, 0.15) is 0 Å². The van der Waals surface area contributed by atoms with Gasteiger partial charge in [0.15, 0.2) is 0 Å². The quantitative estimate of drug-likeness (QED) is 0.782. The fourth-order valence-electron chi connectivity index (χ4n) is 1.37. The molecule has 0 spiro atoms. The van der Waals surface area contributed by atoms with Crippen LogP contribution in [0.3, 0.4) is 0 Å². The zero-order chi connectivity index (χ0) is 11.4. The molecular formula is C11H13NO3. The summed E-state index contributed by atoms with van der Waals surface area (Å²) in [6, 6.07) is 6.46. The molecule has 4 nitrogen and oxygen atoms in total. The number of carbonyl (C=O) groups excluding carboxylic acids is 1. The Kier molecular flexibility index (Phi) is 3.44. The summed E-state index contributed by atoms with van der Waals surface area (Å²) < 4.78 is 0. The van der Waals surface area contributed by atoms with E-state index in [0.717, 1.165) is 5.56 Å². The van der Waals surface area contributed by atoms with Crippen molar-refractivity contribution in [1.82, 2.24) is 0 Å². The molecule has 15 heavy (non-hydrogen) atoms. The van der Waals surface area contributed by atoms with Crippen molar-refractivity contribution < 1.29 is 14.7 Å². The predicted molar refractivity (Wildman–Crippen MR) is 55.6 cm³/mol. The van der Waals surface area contributed by atoms with Crippen LogP contribution in [-0.4, -0.2) is 17.0 Å². The number of carbonyl (C=O) groups is 2. The van der Waals surface area contributed by atoms with Crippen molar-refractivity contribution in [2.75, 3.05) is 0 Å². The fourth-order valence-corrected chi connectivity index (χ4v) is 1.37. The van der Waals surface area contributed by atoms with E-state index in [1.165, 1.54) is 12.1 Å². The molecule has 1 rings (SSSR count). The molecular weight excluding hydrogens is 194 g/mol. The van der Waals surface area contributed by atoms with Gasteiger partial charge in [-0.3, -0.25) is 4.79 Å². The van der Waals surface area contributed by atoms with Crippen LogP contribution in [0.25, 0.3) is 0 Å². The van der Waals surface area contributed by atoms with Gasteiger partial charge < -0.3 is 10.8 Å². The average molecular weight is 207 g/mol. The minimum atomic E-state index is -0.955. The second-order valence-corrected chi connectivity index (χ2v) is 3.50. The number of primary amides is 1. The molecule has 0 aliphatic rings. The summed E-state index contributed by atoms with van der Waals surface area (Å²) in [7, 11) is 0. The van der Waals surface area contributed by atoms with Crippen molar-refractivity contribution in [3.63, 3.8) is 0 Å². The molecule has 1 aromatic rings. The number of benzene rings is 1. The maximum Gasteiger partial charge on any atom is 0.335 e. The molecule has 0 aliphatic heterocycles. The van der Waals surface area contributed by atoms with E-state index < -0.39 is 5.97 Å². The Morgan fingerprint density at radius 2 is 1.87 bits per heavy atom. The molecule has 0 fully saturated rings. The summed E-state index contributed by atoms with van der Waals surface area (Å²) in [5.74, 6) is -1.29. The molecule has 3 N–H and O–H groups in total. The van der Waals surface area contributed by atoms with Crippen LogP contribution in [0.2, 0.25) is 0 Å². The second-order valence-electron chi connectivity index (χ2n) is 3.50. The number of rotatable bonds is 4. The first-order valence-electron chi connectivity index (χ1n) is 4.62. The average Bonchev–Trinajstić information content (AvgIpc) is 2.17. The van der Waals surface area contributed by atoms with Crippen LogP contribution in [-0.2, 0) is 4.79 Å². The normalized spacial score (nSPS) is 12.1. The molecule has 1 aromatic carbocycles. The smallest absolute Gasteiger partial charge is 0.335 e. The van der Waals surface area contributed by atoms with Gasteiger partial charge in [0.25, 0.3) is 0 Å². The first kappa shape index (κ1) is 11.2. The van der Waals surface area contributed by atoms with Gasteiger partial charge in [0.2, 0.25) is 5.91 Å². The minimum Gasteiger partial charge on any atom is -0.478 e. The van der Waals surface area contributed by atoms with Crippen molar-refractivity contribution in [2.24, 2.45) is 5.73 Å². The molecule has 0 saturated heterocycles. The summed E-state index contributed by atoms with van der Waals surface area (Å²) >= 11 is 0. The largest absolute Gasteiger partial charge is 0.478 e. The zero-order valence-corrected chi connectivity index (χ0v) is 8.43. The Morgan fingerprint density at radius 3 is 2.27 bits per heavy atom. The Bertz CT molecular complexity index is 370. The van der Waals surface area contributed by atoms with E-state index in [2.05, 4.69) is 0 Å². The number of hydrogen-bond donors (Lipinski definition) is 2. The molecule has 80 valence electrons. The molecule has 0 saturated carbocycles. The first-order valence-corrected chi connectivity index (χ1v) is 4.62. The van der Waals surface area contributed by atoms with Gasteiger partial charge in [-0.25, -0.2) is 4.79 Å². The summed E-state index contributed by atoms with van der Waals surface area (Å²) in [5.41, 5.74) is 6.23. The lowest BCUT2D eigenvalue weighted by Crippen LogP contribution is -2.13. The molecule has 0 aliphatic carbocycles. The number of hydrogen-bond acceptors (Lipinski definition) is 2. The number of amides is 1. The van der Waals surface area contributed by atoms with Crippen molar-refractivity contribution in [3.05, 3.63) is 35.4 Å². The summed E-state index contributed by atoms with van der Waals surface area (Å²) in [6.07, 6.45) is 0.270. The van der Waals surface area contributed by atoms with E-state index in [4.69, 9.17) is 10.8 Å². The fraction of sp³-hybridized carbons (Fsp3) is 0.273. The van der Waals surface area contributed by atoms with Gasteiger partial charge in [-0.1, -0.05) is 19.1 Å². The minimum absolute atomic E-state index is 0.0188. The lowest BCUT2D eigenvalue weighted by atomic mass is 9.96. The summed E-state index contributed by atoms with van der Waals surface area (Å²) in [6.45, 7) is 1.88. The van der Waals surface area contributed by atoms with Crippen LogP contribution in [0.5, 0.6) is 0 Å². The molecule has 1 amide bonds. The van der Waals surface area contributed by atoms with E-state index in [1.807, 2.05) is 6.92 Å². The van der Waals surface area contributed by atoms with Crippen molar-refractivity contribution in [2.45, 2.75) is 19.3 Å². The lowest BCUT2D eigenvalue weighted by Gasteiger charge is -2.09. The maximum absolute atomic E-state index is 10.7. The Balaban J connectivity index is 2.79. The van der Waals surface area contributed by atoms with E-state index in [9.17, 15) is 9.59 Å². The van der Waals surface area contributed by atoms with Crippen LogP contribution in [0.4, 0.5) is 0 Å². The predicted octanol–water partition coefficient (Wildman–Crippen LogP) is 1.36. The van der Waals surface area contributed by atoms with Crippen LogP contribution in [0, 0.1) is 0 Å². The molecule has 1 atom stereocenters. The van der Waals surface area contributed by atoms with E-state index in [-0.39, 0.29) is 23.8 Å². The van der Waals surface area contributed by atoms with Gasteiger partial charge in [-0.15, -0.1) is 0 Å². The molecule has 0 heterocycles. The Hall–Kier alpha value is -1.84. The van der Waals surface area contributed by atoms with E-state index >= 15 is 0 Å². The molecule has 4 heteroatoms. The molecule has 0 bridgehead atoms. The van der Waals surface area contributed by atoms with Crippen LogP contribution in [0.15, 0.2) is 24.3 Å². The van der Waals surface area contributed by atoms with Crippen molar-refractivity contribution in [3.8, 4) is 0 Å². The van der Waals surface area contributed by atoms with E-state index in [1.54, 1.807) is 12.1 Å². The highest BCUT2D eigenvalue weighted by Crippen LogP contribution is 2.18. The highest BCUT2D eigenvalue weighted by atomic mass is 16.4. The first-order chi connectivity index (χ1) is 7.00. The van der Waals surface area contributed by atoms with Crippen molar-refractivity contribution in [1.29, 1.82) is 0 Å². The third kappa shape index (κ3) is 3.09.